The van der Waals surface area contributed by atoms with Crippen LogP contribution in [0.4, 0.5) is 4.39 Å². The second-order valence-electron chi connectivity index (χ2n) is 5.38. The quantitative estimate of drug-likeness (QED) is 0.362. The van der Waals surface area contributed by atoms with E-state index >= 15 is 0 Å². The lowest BCUT2D eigenvalue weighted by Gasteiger charge is -2.18. The SMILES string of the molecule is CN=C(NCCOc1cccc(F)c1)NCCN(C)CCCOC. The number of guanidine groups is 1. The minimum absolute atomic E-state index is 0.299. The number of benzene rings is 1. The van der Waals surface area contributed by atoms with Crippen LogP contribution in [0.5, 0.6) is 5.75 Å². The van der Waals surface area contributed by atoms with Gasteiger partial charge in [-0.15, -0.1) is 0 Å². The molecule has 0 fully saturated rings. The highest BCUT2D eigenvalue weighted by atomic mass is 19.1. The maximum Gasteiger partial charge on any atom is 0.191 e. The number of hydrogen-bond acceptors (Lipinski definition) is 4. The molecule has 24 heavy (non-hydrogen) atoms. The van der Waals surface area contributed by atoms with Crippen molar-refractivity contribution in [3.05, 3.63) is 30.1 Å². The van der Waals surface area contributed by atoms with Crippen molar-refractivity contribution >= 4 is 5.96 Å². The predicted molar refractivity (Wildman–Crippen MR) is 95.2 cm³/mol. The lowest BCUT2D eigenvalue weighted by Crippen LogP contribution is -2.42. The molecule has 0 saturated carbocycles. The fraction of sp³-hybridized carbons (Fsp3) is 0.588. The number of ether oxygens (including phenoxy) is 2. The average molecular weight is 340 g/mol. The van der Waals surface area contributed by atoms with Gasteiger partial charge in [0.1, 0.15) is 18.2 Å². The third-order valence-corrected chi connectivity index (χ3v) is 3.36. The Bertz CT molecular complexity index is 485. The van der Waals surface area contributed by atoms with E-state index < -0.39 is 0 Å². The van der Waals surface area contributed by atoms with Gasteiger partial charge in [-0.05, 0) is 25.6 Å². The number of hydrogen-bond donors (Lipinski definition) is 2. The Morgan fingerprint density at radius 2 is 2.00 bits per heavy atom. The summed E-state index contributed by atoms with van der Waals surface area (Å²) in [5.74, 6) is 0.952. The van der Waals surface area contributed by atoms with E-state index in [1.54, 1.807) is 26.3 Å². The maximum atomic E-state index is 13.0. The van der Waals surface area contributed by atoms with E-state index in [2.05, 4.69) is 27.6 Å². The van der Waals surface area contributed by atoms with Crippen molar-refractivity contribution in [2.75, 3.05) is 60.6 Å². The zero-order valence-corrected chi connectivity index (χ0v) is 14.8. The Kier molecular flexibility index (Phi) is 10.6. The second-order valence-corrected chi connectivity index (χ2v) is 5.38. The van der Waals surface area contributed by atoms with Crippen LogP contribution >= 0.6 is 0 Å². The van der Waals surface area contributed by atoms with Crippen LogP contribution in [0.15, 0.2) is 29.3 Å². The summed E-state index contributed by atoms with van der Waals surface area (Å²) >= 11 is 0. The number of aliphatic imine (C=N–C) groups is 1. The summed E-state index contributed by atoms with van der Waals surface area (Å²) in [6.07, 6.45) is 1.03. The monoisotopic (exact) mass is 340 g/mol. The summed E-state index contributed by atoms with van der Waals surface area (Å²) < 4.78 is 23.5. The van der Waals surface area contributed by atoms with Crippen LogP contribution in [0.2, 0.25) is 0 Å². The van der Waals surface area contributed by atoms with Gasteiger partial charge in [0.05, 0.1) is 6.54 Å². The van der Waals surface area contributed by atoms with Crippen molar-refractivity contribution in [1.29, 1.82) is 0 Å². The molecule has 0 spiro atoms. The van der Waals surface area contributed by atoms with Crippen LogP contribution in [0.1, 0.15) is 6.42 Å². The Labute approximate surface area is 144 Å². The van der Waals surface area contributed by atoms with E-state index in [-0.39, 0.29) is 5.82 Å². The molecule has 0 heterocycles. The van der Waals surface area contributed by atoms with Gasteiger partial charge in [0.15, 0.2) is 5.96 Å². The maximum absolute atomic E-state index is 13.0. The number of nitrogens with zero attached hydrogens (tertiary/aromatic N) is 2. The van der Waals surface area contributed by atoms with Crippen molar-refractivity contribution < 1.29 is 13.9 Å². The first-order valence-electron chi connectivity index (χ1n) is 8.16. The molecule has 2 N–H and O–H groups in total. The molecule has 7 heteroatoms. The van der Waals surface area contributed by atoms with Crippen LogP contribution in [-0.4, -0.2) is 71.5 Å². The van der Waals surface area contributed by atoms with E-state index in [0.29, 0.717) is 18.9 Å². The summed E-state index contributed by atoms with van der Waals surface area (Å²) in [5.41, 5.74) is 0. The molecule has 0 amide bonds. The third-order valence-electron chi connectivity index (χ3n) is 3.36. The molecule has 0 saturated heterocycles. The molecule has 1 aromatic carbocycles. The zero-order valence-electron chi connectivity index (χ0n) is 14.8. The lowest BCUT2D eigenvalue weighted by atomic mass is 10.3. The second kappa shape index (κ2) is 12.5. The molecule has 0 aliphatic carbocycles. The van der Waals surface area contributed by atoms with Crippen molar-refractivity contribution in [3.63, 3.8) is 0 Å². The van der Waals surface area contributed by atoms with Gasteiger partial charge in [-0.3, -0.25) is 4.99 Å². The molecular formula is C17H29FN4O2. The number of likely N-dealkylation sites (N-methyl/N-ethyl adjacent to an activating group) is 1. The van der Waals surface area contributed by atoms with Gasteiger partial charge in [-0.2, -0.15) is 0 Å². The molecule has 0 aliphatic rings. The lowest BCUT2D eigenvalue weighted by molar-refractivity contribution is 0.180. The van der Waals surface area contributed by atoms with Gasteiger partial charge in [0, 0.05) is 46.5 Å². The van der Waals surface area contributed by atoms with Gasteiger partial charge in [0.2, 0.25) is 0 Å². The highest BCUT2D eigenvalue weighted by molar-refractivity contribution is 5.79. The van der Waals surface area contributed by atoms with Crippen LogP contribution in [0.25, 0.3) is 0 Å². The van der Waals surface area contributed by atoms with Gasteiger partial charge in [0.25, 0.3) is 0 Å². The molecule has 0 bridgehead atoms. The van der Waals surface area contributed by atoms with E-state index in [0.717, 1.165) is 38.6 Å². The summed E-state index contributed by atoms with van der Waals surface area (Å²) in [6.45, 7) is 4.52. The van der Waals surface area contributed by atoms with Gasteiger partial charge in [-0.1, -0.05) is 6.07 Å². The standard InChI is InChI=1S/C17H29FN4O2/c1-19-17(20-8-11-22(2)10-5-12-23-3)21-9-13-24-16-7-4-6-15(18)14-16/h4,6-7,14H,5,8-13H2,1-3H3,(H2,19,20,21). The molecule has 136 valence electrons. The largest absolute Gasteiger partial charge is 0.492 e. The van der Waals surface area contributed by atoms with Crippen molar-refractivity contribution in [3.8, 4) is 5.75 Å². The van der Waals surface area contributed by atoms with Crippen LogP contribution < -0.4 is 15.4 Å². The molecule has 0 atom stereocenters. The molecule has 0 radical (unpaired) electrons. The van der Waals surface area contributed by atoms with E-state index in [9.17, 15) is 4.39 Å². The first-order chi connectivity index (χ1) is 11.7. The van der Waals surface area contributed by atoms with Crippen molar-refractivity contribution in [2.24, 2.45) is 4.99 Å². The van der Waals surface area contributed by atoms with Crippen LogP contribution in [-0.2, 0) is 4.74 Å². The number of rotatable bonds is 11. The molecule has 6 nitrogen and oxygen atoms in total. The first-order valence-corrected chi connectivity index (χ1v) is 8.16. The minimum Gasteiger partial charge on any atom is -0.492 e. The number of methoxy groups -OCH3 is 1. The van der Waals surface area contributed by atoms with Crippen LogP contribution in [0, 0.1) is 5.82 Å². The average Bonchev–Trinajstić information content (AvgIpc) is 2.57. The Morgan fingerprint density at radius 3 is 2.71 bits per heavy atom. The fourth-order valence-corrected chi connectivity index (χ4v) is 2.07. The zero-order chi connectivity index (χ0) is 17.6. The topological polar surface area (TPSA) is 58.1 Å². The van der Waals surface area contributed by atoms with Crippen molar-refractivity contribution in [1.82, 2.24) is 15.5 Å². The Morgan fingerprint density at radius 1 is 1.21 bits per heavy atom. The number of halogens is 1. The summed E-state index contributed by atoms with van der Waals surface area (Å²) in [6, 6.07) is 6.12. The summed E-state index contributed by atoms with van der Waals surface area (Å²) in [4.78, 5) is 6.40. The smallest absolute Gasteiger partial charge is 0.191 e. The normalized spacial score (nSPS) is 11.6. The van der Waals surface area contributed by atoms with Gasteiger partial charge >= 0.3 is 0 Å². The molecular weight excluding hydrogens is 311 g/mol. The first kappa shape index (κ1) is 20.2. The van der Waals surface area contributed by atoms with E-state index in [1.165, 1.54) is 12.1 Å². The molecule has 0 unspecified atom stereocenters. The summed E-state index contributed by atoms with van der Waals surface area (Å²) in [7, 11) is 5.53. The van der Waals surface area contributed by atoms with Crippen molar-refractivity contribution in [2.45, 2.75) is 6.42 Å². The van der Waals surface area contributed by atoms with Gasteiger partial charge in [-0.25, -0.2) is 4.39 Å². The van der Waals surface area contributed by atoms with E-state index in [1.807, 2.05) is 0 Å². The van der Waals surface area contributed by atoms with Crippen LogP contribution in [0.3, 0.4) is 0 Å². The molecule has 1 aromatic rings. The van der Waals surface area contributed by atoms with E-state index in [4.69, 9.17) is 9.47 Å². The highest BCUT2D eigenvalue weighted by Crippen LogP contribution is 2.11. The molecule has 0 aliphatic heterocycles. The Balaban J connectivity index is 2.12. The Hall–Kier alpha value is -1.86. The number of nitrogens with one attached hydrogen (secondary N) is 2. The predicted octanol–water partition coefficient (Wildman–Crippen LogP) is 1.34. The molecule has 0 aromatic heterocycles. The minimum atomic E-state index is -0.299. The molecule has 1 rings (SSSR count). The highest BCUT2D eigenvalue weighted by Gasteiger charge is 2.01. The fourth-order valence-electron chi connectivity index (χ4n) is 2.07. The summed E-state index contributed by atoms with van der Waals surface area (Å²) in [5, 5.41) is 6.41. The van der Waals surface area contributed by atoms with Gasteiger partial charge < -0.3 is 25.0 Å². The third kappa shape index (κ3) is 9.32.